The molecule has 8 heteroatoms. The highest BCUT2D eigenvalue weighted by atomic mass is 79.9. The number of likely N-dealkylation sites (N-methyl/N-ethyl adjacent to an activating group) is 1. The molecule has 0 radical (unpaired) electrons. The predicted molar refractivity (Wildman–Crippen MR) is 122 cm³/mol. The van der Waals surface area contributed by atoms with Gasteiger partial charge >= 0.3 is 0 Å². The number of sulfonamides is 1. The van der Waals surface area contributed by atoms with Gasteiger partial charge in [0.05, 0.1) is 6.61 Å². The van der Waals surface area contributed by atoms with Gasteiger partial charge in [-0.3, -0.25) is 0 Å². The Labute approximate surface area is 189 Å². The first-order valence-electron chi connectivity index (χ1n) is 11.0. The van der Waals surface area contributed by atoms with E-state index in [1.807, 2.05) is 6.92 Å². The van der Waals surface area contributed by atoms with Gasteiger partial charge in [-0.05, 0) is 50.9 Å². The van der Waals surface area contributed by atoms with Crippen LogP contribution in [0.15, 0.2) is 27.6 Å². The molecule has 3 atom stereocenters. The molecule has 30 heavy (non-hydrogen) atoms. The minimum Gasteiger partial charge on any atom is -0.487 e. The second kappa shape index (κ2) is 10.3. The van der Waals surface area contributed by atoms with Gasteiger partial charge in [-0.15, -0.1) is 0 Å². The molecule has 1 aliphatic carbocycles. The van der Waals surface area contributed by atoms with Crippen LogP contribution in [0.1, 0.15) is 46.0 Å². The van der Waals surface area contributed by atoms with Crippen LogP contribution in [0.5, 0.6) is 5.75 Å². The van der Waals surface area contributed by atoms with Gasteiger partial charge in [0.15, 0.2) is 0 Å². The minimum atomic E-state index is -3.76. The Morgan fingerprint density at radius 3 is 2.63 bits per heavy atom. The molecule has 6 nitrogen and oxygen atoms in total. The van der Waals surface area contributed by atoms with Crippen molar-refractivity contribution in [1.29, 1.82) is 0 Å². The molecule has 1 aliphatic heterocycles. The van der Waals surface area contributed by atoms with E-state index in [9.17, 15) is 13.5 Å². The molecule has 2 aliphatic rings. The molecule has 0 aromatic heterocycles. The van der Waals surface area contributed by atoms with E-state index in [1.54, 1.807) is 25.1 Å². The van der Waals surface area contributed by atoms with Crippen molar-refractivity contribution in [3.8, 4) is 5.75 Å². The Hall–Kier alpha value is -0.670. The number of hydrogen-bond acceptors (Lipinski definition) is 5. The van der Waals surface area contributed by atoms with Crippen molar-refractivity contribution in [3.63, 3.8) is 0 Å². The van der Waals surface area contributed by atoms with E-state index in [0.29, 0.717) is 12.3 Å². The van der Waals surface area contributed by atoms with Crippen molar-refractivity contribution < 1.29 is 18.3 Å². The van der Waals surface area contributed by atoms with Gasteiger partial charge in [0.1, 0.15) is 16.7 Å². The van der Waals surface area contributed by atoms with Gasteiger partial charge in [-0.25, -0.2) is 8.42 Å². The van der Waals surface area contributed by atoms with Crippen LogP contribution in [-0.4, -0.2) is 68.2 Å². The summed E-state index contributed by atoms with van der Waals surface area (Å²) >= 11 is 3.44. The molecule has 0 spiro atoms. The van der Waals surface area contributed by atoms with E-state index in [0.717, 1.165) is 23.5 Å². The predicted octanol–water partition coefficient (Wildman–Crippen LogP) is 3.73. The maximum atomic E-state index is 13.3. The van der Waals surface area contributed by atoms with Crippen LogP contribution in [0.2, 0.25) is 0 Å². The van der Waals surface area contributed by atoms with Crippen molar-refractivity contribution in [2.24, 2.45) is 11.8 Å². The average molecular weight is 504 g/mol. The van der Waals surface area contributed by atoms with Crippen LogP contribution in [0.4, 0.5) is 0 Å². The fourth-order valence-corrected chi connectivity index (χ4v) is 6.78. The zero-order chi connectivity index (χ0) is 21.9. The standard InChI is InChI=1S/C22H35BrN2O4S/c1-16-12-25(17(2)15-26)30(27,28)22-10-9-19(23)11-20(22)29-21(16)14-24(3)13-18-7-5-4-6-8-18/h9-11,16-18,21,26H,4-8,12-15H2,1-3H3/t16-,17-,21-/m0/s1. The summed E-state index contributed by atoms with van der Waals surface area (Å²) in [5, 5.41) is 9.70. The van der Waals surface area contributed by atoms with E-state index >= 15 is 0 Å². The molecule has 1 saturated carbocycles. The molecule has 0 bridgehead atoms. The van der Waals surface area contributed by atoms with Gasteiger partial charge in [-0.1, -0.05) is 42.1 Å². The molecule has 1 heterocycles. The van der Waals surface area contributed by atoms with Crippen molar-refractivity contribution >= 4 is 26.0 Å². The summed E-state index contributed by atoms with van der Waals surface area (Å²) in [4.78, 5) is 2.50. The van der Waals surface area contributed by atoms with Crippen LogP contribution >= 0.6 is 15.9 Å². The molecule has 0 amide bonds. The number of benzene rings is 1. The number of nitrogens with zero attached hydrogens (tertiary/aromatic N) is 2. The highest BCUT2D eigenvalue weighted by Crippen LogP contribution is 2.35. The lowest BCUT2D eigenvalue weighted by molar-refractivity contribution is 0.0688. The van der Waals surface area contributed by atoms with Crippen LogP contribution in [0.3, 0.4) is 0 Å². The summed E-state index contributed by atoms with van der Waals surface area (Å²) in [6, 6.07) is 4.55. The van der Waals surface area contributed by atoms with Gasteiger partial charge in [-0.2, -0.15) is 4.31 Å². The second-order valence-corrected chi connectivity index (χ2v) is 11.8. The van der Waals surface area contributed by atoms with E-state index in [4.69, 9.17) is 4.74 Å². The molecular formula is C22H35BrN2O4S. The zero-order valence-electron chi connectivity index (χ0n) is 18.3. The van der Waals surface area contributed by atoms with E-state index < -0.39 is 16.1 Å². The van der Waals surface area contributed by atoms with Crippen LogP contribution in [0, 0.1) is 11.8 Å². The number of halogens is 1. The van der Waals surface area contributed by atoms with Gasteiger partial charge in [0.25, 0.3) is 0 Å². The fourth-order valence-electron chi connectivity index (χ4n) is 4.61. The molecule has 0 saturated heterocycles. The summed E-state index contributed by atoms with van der Waals surface area (Å²) < 4.78 is 35.2. The third-order valence-corrected chi connectivity index (χ3v) is 8.93. The summed E-state index contributed by atoms with van der Waals surface area (Å²) in [5.74, 6) is 1.09. The summed E-state index contributed by atoms with van der Waals surface area (Å²) in [6.45, 7) is 5.68. The monoisotopic (exact) mass is 502 g/mol. The third kappa shape index (κ3) is 5.57. The van der Waals surface area contributed by atoms with Gasteiger partial charge in [0.2, 0.25) is 10.0 Å². The van der Waals surface area contributed by atoms with Crippen molar-refractivity contribution in [2.45, 2.75) is 63.0 Å². The summed E-state index contributed by atoms with van der Waals surface area (Å²) in [7, 11) is -1.63. The number of aliphatic hydroxyl groups excluding tert-OH is 1. The van der Waals surface area contributed by atoms with Crippen LogP contribution in [-0.2, 0) is 10.0 Å². The summed E-state index contributed by atoms with van der Waals surface area (Å²) in [5.41, 5.74) is 0. The van der Waals surface area contributed by atoms with E-state index in [2.05, 4.69) is 27.9 Å². The Morgan fingerprint density at radius 1 is 1.27 bits per heavy atom. The highest BCUT2D eigenvalue weighted by molar-refractivity contribution is 9.10. The lowest BCUT2D eigenvalue weighted by Gasteiger charge is -2.38. The molecule has 170 valence electrons. The quantitative estimate of drug-likeness (QED) is 0.641. The Bertz CT molecular complexity index is 813. The first-order valence-corrected chi connectivity index (χ1v) is 13.2. The number of ether oxygens (including phenoxy) is 1. The SMILES string of the molecule is C[C@H]1CN([C@@H](C)CO)S(=O)(=O)c2ccc(Br)cc2O[C@H]1CN(C)CC1CCCCC1. The van der Waals surface area contributed by atoms with Gasteiger partial charge in [0, 0.05) is 36.1 Å². The third-order valence-electron chi connectivity index (χ3n) is 6.42. The number of fused-ring (bicyclic) bond motifs is 1. The maximum Gasteiger partial charge on any atom is 0.247 e. The molecular weight excluding hydrogens is 468 g/mol. The lowest BCUT2D eigenvalue weighted by Crippen LogP contribution is -2.49. The van der Waals surface area contributed by atoms with Gasteiger partial charge < -0.3 is 14.7 Å². The van der Waals surface area contributed by atoms with Crippen molar-refractivity contribution in [2.75, 3.05) is 33.3 Å². The molecule has 3 rings (SSSR count). The molecule has 0 unspecified atom stereocenters. The largest absolute Gasteiger partial charge is 0.487 e. The Kier molecular flexibility index (Phi) is 8.23. The highest BCUT2D eigenvalue weighted by Gasteiger charge is 2.38. The first kappa shape index (κ1) is 24.0. The Balaban J connectivity index is 1.86. The Morgan fingerprint density at radius 2 is 1.97 bits per heavy atom. The van der Waals surface area contributed by atoms with Crippen LogP contribution < -0.4 is 4.74 Å². The topological polar surface area (TPSA) is 70.1 Å². The maximum absolute atomic E-state index is 13.3. The smallest absolute Gasteiger partial charge is 0.247 e. The molecule has 1 N–H and O–H groups in total. The molecule has 1 fully saturated rings. The first-order chi connectivity index (χ1) is 14.2. The molecule has 1 aromatic rings. The minimum absolute atomic E-state index is 0.0188. The van der Waals surface area contributed by atoms with E-state index in [-0.39, 0.29) is 23.5 Å². The van der Waals surface area contributed by atoms with Crippen LogP contribution in [0.25, 0.3) is 0 Å². The van der Waals surface area contributed by atoms with E-state index in [1.165, 1.54) is 36.4 Å². The summed E-state index contributed by atoms with van der Waals surface area (Å²) in [6.07, 6.45) is 6.44. The number of hydrogen-bond donors (Lipinski definition) is 1. The lowest BCUT2D eigenvalue weighted by atomic mass is 9.89. The number of aliphatic hydroxyl groups is 1. The van der Waals surface area contributed by atoms with Crippen molar-refractivity contribution in [1.82, 2.24) is 9.21 Å². The zero-order valence-corrected chi connectivity index (χ0v) is 20.7. The van der Waals surface area contributed by atoms with Crippen molar-refractivity contribution in [3.05, 3.63) is 22.7 Å². The molecule has 1 aromatic carbocycles. The normalized spacial score (nSPS) is 26.5. The fraction of sp³-hybridized carbons (Fsp3) is 0.727. The average Bonchev–Trinajstić information content (AvgIpc) is 2.70. The second-order valence-electron chi connectivity index (χ2n) is 9.06. The number of rotatable bonds is 6.